The first-order valence-electron chi connectivity index (χ1n) is 13.9. The number of anilines is 1. The lowest BCUT2D eigenvalue weighted by Gasteiger charge is -2.47. The van der Waals surface area contributed by atoms with Crippen molar-refractivity contribution in [3.8, 4) is 5.75 Å². The molecular formula is C31H32N2O3S. The Morgan fingerprint density at radius 2 is 1.70 bits per heavy atom. The molecule has 0 amide bonds. The highest BCUT2D eigenvalue weighted by Crippen LogP contribution is 2.54. The number of ether oxygens (including phenoxy) is 1. The monoisotopic (exact) mass is 512 g/mol. The highest BCUT2D eigenvalue weighted by atomic mass is 32.2. The van der Waals surface area contributed by atoms with Crippen molar-refractivity contribution in [3.05, 3.63) is 81.1 Å². The Bertz CT molecular complexity index is 1470. The van der Waals surface area contributed by atoms with Gasteiger partial charge in [0.05, 0.1) is 10.9 Å². The fourth-order valence-corrected chi connectivity index (χ4v) is 8.45. The molecule has 8 rings (SSSR count). The minimum absolute atomic E-state index is 0.358. The molecule has 0 bridgehead atoms. The van der Waals surface area contributed by atoms with E-state index in [1.807, 2.05) is 18.2 Å². The lowest BCUT2D eigenvalue weighted by Crippen LogP contribution is -2.47. The van der Waals surface area contributed by atoms with Crippen molar-refractivity contribution in [1.29, 1.82) is 0 Å². The van der Waals surface area contributed by atoms with Crippen LogP contribution < -0.4 is 9.64 Å². The molecule has 1 N–H and O–H groups in total. The molecule has 2 aromatic rings. The van der Waals surface area contributed by atoms with Crippen LogP contribution in [0.15, 0.2) is 63.8 Å². The number of hydrogen-bond donors (Lipinski definition) is 1. The first kappa shape index (κ1) is 22.3. The summed E-state index contributed by atoms with van der Waals surface area (Å²) in [4.78, 5) is 5.69. The van der Waals surface area contributed by atoms with Gasteiger partial charge in [0.15, 0.2) is 11.1 Å². The van der Waals surface area contributed by atoms with Gasteiger partial charge < -0.3 is 14.2 Å². The average Bonchev–Trinajstić information content (AvgIpc) is 2.93. The van der Waals surface area contributed by atoms with E-state index in [0.29, 0.717) is 10.9 Å². The van der Waals surface area contributed by atoms with Crippen LogP contribution in [0.2, 0.25) is 0 Å². The molecule has 6 heteroatoms. The van der Waals surface area contributed by atoms with E-state index in [-0.39, 0.29) is 0 Å². The molecule has 5 nitrogen and oxygen atoms in total. The molecule has 2 atom stereocenters. The summed E-state index contributed by atoms with van der Waals surface area (Å²) < 4.78 is 30.0. The second-order valence-electron chi connectivity index (χ2n) is 11.3. The molecule has 2 aromatic carbocycles. The summed E-state index contributed by atoms with van der Waals surface area (Å²) in [5.41, 5.74) is 11.2. The molecule has 0 radical (unpaired) electrons. The Hall–Kier alpha value is -2.67. The molecule has 5 heterocycles. The summed E-state index contributed by atoms with van der Waals surface area (Å²) in [6.07, 6.45) is 11.3. The van der Waals surface area contributed by atoms with E-state index < -0.39 is 11.1 Å². The molecule has 5 aliphatic heterocycles. The van der Waals surface area contributed by atoms with Gasteiger partial charge in [-0.25, -0.2) is 4.21 Å². The van der Waals surface area contributed by atoms with Crippen LogP contribution in [0, 0.1) is 0 Å². The number of rotatable bonds is 2. The van der Waals surface area contributed by atoms with Crippen LogP contribution in [0.4, 0.5) is 5.69 Å². The van der Waals surface area contributed by atoms with Crippen molar-refractivity contribution in [2.75, 3.05) is 31.1 Å². The van der Waals surface area contributed by atoms with E-state index in [9.17, 15) is 8.76 Å². The van der Waals surface area contributed by atoms with Crippen LogP contribution in [0.3, 0.4) is 0 Å². The number of nitrogens with zero attached hydrogens (tertiary/aromatic N) is 2. The van der Waals surface area contributed by atoms with Crippen LogP contribution in [0.5, 0.6) is 5.75 Å². The molecule has 0 aromatic heterocycles. The zero-order chi connectivity index (χ0) is 24.7. The van der Waals surface area contributed by atoms with Crippen molar-refractivity contribution in [2.45, 2.75) is 62.3 Å². The van der Waals surface area contributed by atoms with Gasteiger partial charge in [-0.15, -0.1) is 0 Å². The highest BCUT2D eigenvalue weighted by Gasteiger charge is 2.42. The summed E-state index contributed by atoms with van der Waals surface area (Å²) in [5.74, 6) is 2.01. The van der Waals surface area contributed by atoms with Crippen LogP contribution in [0.25, 0.3) is 5.57 Å². The quantitative estimate of drug-likeness (QED) is 0.530. The van der Waals surface area contributed by atoms with Gasteiger partial charge in [-0.2, -0.15) is 0 Å². The maximum atomic E-state index is 12.6. The number of aryl methyl sites for hydroxylation is 1. The second kappa shape index (κ2) is 8.42. The lowest BCUT2D eigenvalue weighted by molar-refractivity contribution is 0.178. The van der Waals surface area contributed by atoms with E-state index in [1.54, 1.807) is 6.07 Å². The van der Waals surface area contributed by atoms with E-state index >= 15 is 0 Å². The second-order valence-corrected chi connectivity index (χ2v) is 12.2. The van der Waals surface area contributed by atoms with Gasteiger partial charge in [0.25, 0.3) is 0 Å². The Morgan fingerprint density at radius 1 is 0.919 bits per heavy atom. The lowest BCUT2D eigenvalue weighted by atomic mass is 9.75. The van der Waals surface area contributed by atoms with E-state index in [1.165, 1.54) is 40.8 Å². The molecule has 0 saturated carbocycles. The molecule has 1 aliphatic carbocycles. The van der Waals surface area contributed by atoms with Gasteiger partial charge in [0.2, 0.25) is 0 Å². The van der Waals surface area contributed by atoms with E-state index in [4.69, 9.17) is 4.74 Å². The Labute approximate surface area is 220 Å². The minimum Gasteiger partial charge on any atom is -0.456 e. The van der Waals surface area contributed by atoms with Crippen molar-refractivity contribution < 1.29 is 13.5 Å². The maximum Gasteiger partial charge on any atom is 0.187 e. The van der Waals surface area contributed by atoms with Crippen LogP contribution >= 0.6 is 0 Å². The van der Waals surface area contributed by atoms with Gasteiger partial charge in [-0.3, -0.25) is 4.90 Å². The number of benzene rings is 2. The first-order valence-corrected chi connectivity index (χ1v) is 15.0. The molecule has 0 spiro atoms. The van der Waals surface area contributed by atoms with Gasteiger partial charge in [-0.1, -0.05) is 18.2 Å². The summed E-state index contributed by atoms with van der Waals surface area (Å²) in [6, 6.07) is 10.4. The number of allylic oxidation sites excluding steroid dienone is 1. The van der Waals surface area contributed by atoms with Gasteiger partial charge in [0.1, 0.15) is 11.5 Å². The normalized spacial score (nSPS) is 24.9. The average molecular weight is 513 g/mol. The van der Waals surface area contributed by atoms with Crippen molar-refractivity contribution in [1.82, 2.24) is 4.90 Å². The molecule has 6 aliphatic rings. The van der Waals surface area contributed by atoms with Crippen LogP contribution in [0.1, 0.15) is 60.8 Å². The summed E-state index contributed by atoms with van der Waals surface area (Å²) in [5, 5.41) is 0. The predicted molar refractivity (Wildman–Crippen MR) is 146 cm³/mol. The van der Waals surface area contributed by atoms with Gasteiger partial charge >= 0.3 is 0 Å². The highest BCUT2D eigenvalue weighted by molar-refractivity contribution is 7.79. The van der Waals surface area contributed by atoms with Crippen LogP contribution in [-0.4, -0.2) is 45.9 Å². The first-order chi connectivity index (χ1) is 18.2. The number of fused-ring (bicyclic) bond motifs is 3. The van der Waals surface area contributed by atoms with E-state index in [2.05, 4.69) is 21.9 Å². The number of hydrogen-bond acceptors (Lipinski definition) is 4. The van der Waals surface area contributed by atoms with Crippen LogP contribution in [-0.2, 0) is 23.9 Å². The summed E-state index contributed by atoms with van der Waals surface area (Å²) in [6.45, 7) is 4.55. The topological polar surface area (TPSA) is 53.0 Å². The standard InChI is InChI=1S/C31H32N2O3S/c34-37(35)26-12-2-1-9-21(26)27-24-17-19-7-3-13-32-15-5-10-22(28(19)32)30(24)36-31-23-11-6-16-33-14-4-8-20(29(23)33)18-25(27)31/h1-2,9,12,17-18,28H,3-8,10-11,13-16H2,(H,34,35). The minimum atomic E-state index is -2.08. The van der Waals surface area contributed by atoms with Gasteiger partial charge in [-0.05, 0) is 99.4 Å². The molecule has 2 unspecified atom stereocenters. The molecule has 2 saturated heterocycles. The fourth-order valence-electron chi connectivity index (χ4n) is 7.90. The largest absolute Gasteiger partial charge is 0.456 e. The predicted octanol–water partition coefficient (Wildman–Crippen LogP) is 5.61. The molecule has 37 heavy (non-hydrogen) atoms. The summed E-state index contributed by atoms with van der Waals surface area (Å²) >= 11 is -2.08. The third-order valence-electron chi connectivity index (χ3n) is 9.27. The third-order valence-corrected chi connectivity index (χ3v) is 10.0. The van der Waals surface area contributed by atoms with E-state index in [0.717, 1.165) is 98.5 Å². The number of piperidine rings is 2. The SMILES string of the molecule is O=S(O)c1ccccc1C1=C2C=C3CCCN4CCCC(=C2Oc2c1cc1c5c2CCCN5CCC1)C34. The van der Waals surface area contributed by atoms with Gasteiger partial charge in [0, 0.05) is 46.6 Å². The fraction of sp³-hybridized carbons (Fsp3) is 0.419. The molecule has 190 valence electrons. The van der Waals surface area contributed by atoms with Crippen molar-refractivity contribution in [2.24, 2.45) is 0 Å². The zero-order valence-electron chi connectivity index (χ0n) is 21.1. The maximum absolute atomic E-state index is 12.6. The van der Waals surface area contributed by atoms with Crippen molar-refractivity contribution >= 4 is 22.3 Å². The Kier molecular flexibility index (Phi) is 5.08. The third kappa shape index (κ3) is 3.25. The zero-order valence-corrected chi connectivity index (χ0v) is 21.9. The molecular weight excluding hydrogens is 480 g/mol. The Morgan fingerprint density at radius 3 is 2.57 bits per heavy atom. The van der Waals surface area contributed by atoms with Crippen molar-refractivity contribution in [3.63, 3.8) is 0 Å². The Balaban J connectivity index is 1.47. The molecule has 2 fully saturated rings. The smallest absolute Gasteiger partial charge is 0.187 e. The summed E-state index contributed by atoms with van der Waals surface area (Å²) in [7, 11) is 0.